The van der Waals surface area contributed by atoms with E-state index in [9.17, 15) is 4.39 Å². The van der Waals surface area contributed by atoms with E-state index in [1.165, 1.54) is 6.07 Å². The number of halogens is 1. The number of hydrogen-bond donors (Lipinski definition) is 0. The lowest BCUT2D eigenvalue weighted by Gasteiger charge is -1.98. The first kappa shape index (κ1) is 7.22. The van der Waals surface area contributed by atoms with Crippen molar-refractivity contribution in [2.24, 2.45) is 0 Å². The van der Waals surface area contributed by atoms with Gasteiger partial charge in [0.2, 0.25) is 0 Å². The summed E-state index contributed by atoms with van der Waals surface area (Å²) in [4.78, 5) is 0. The van der Waals surface area contributed by atoms with Gasteiger partial charge in [0.15, 0.2) is 0 Å². The predicted molar refractivity (Wildman–Crippen MR) is 45.4 cm³/mol. The zero-order valence-electron chi connectivity index (χ0n) is 5.89. The molecule has 0 amide bonds. The summed E-state index contributed by atoms with van der Waals surface area (Å²) in [6, 6.07) is 6.72. The molecule has 10 heavy (non-hydrogen) atoms. The lowest BCUT2D eigenvalue weighted by molar-refractivity contribution is 0.625. The van der Waals surface area contributed by atoms with Crippen LogP contribution in [0.4, 0.5) is 4.39 Å². The zero-order valence-corrected chi connectivity index (χ0v) is 7.89. The van der Waals surface area contributed by atoms with Crippen LogP contribution in [0, 0.1) is 5.82 Å². The van der Waals surface area contributed by atoms with Gasteiger partial charge in [-0.3, -0.25) is 0 Å². The maximum absolute atomic E-state index is 12.8. The summed E-state index contributed by atoms with van der Waals surface area (Å²) in [6.07, 6.45) is 0. The van der Waals surface area contributed by atoms with Gasteiger partial charge in [0.25, 0.3) is 0 Å². The van der Waals surface area contributed by atoms with Crippen LogP contribution >= 0.6 is 0 Å². The van der Waals surface area contributed by atoms with Crippen LogP contribution in [-0.4, -0.2) is 10.2 Å². The van der Waals surface area contributed by atoms with E-state index in [1.807, 2.05) is 6.07 Å². The standard InChI is InChI=1S/C8H9FSi/c1-6(10)7-4-2-3-5-8(7)9/h2-5H,1H2,10H3. The fourth-order valence-electron chi connectivity index (χ4n) is 0.807. The van der Waals surface area contributed by atoms with Crippen LogP contribution in [0.2, 0.25) is 0 Å². The smallest absolute Gasteiger partial charge is 0.130 e. The highest BCUT2D eigenvalue weighted by molar-refractivity contribution is 6.41. The van der Waals surface area contributed by atoms with E-state index in [2.05, 4.69) is 6.58 Å². The van der Waals surface area contributed by atoms with Gasteiger partial charge in [-0.1, -0.05) is 23.4 Å². The molecule has 0 spiro atoms. The molecule has 1 aromatic carbocycles. The number of hydrogen-bond acceptors (Lipinski definition) is 0. The Morgan fingerprint density at radius 1 is 1.40 bits per heavy atom. The molecule has 0 aromatic heterocycles. The molecule has 0 radical (unpaired) electrons. The molecule has 0 heterocycles. The van der Waals surface area contributed by atoms with E-state index in [0.29, 0.717) is 5.56 Å². The second-order valence-electron chi connectivity index (χ2n) is 2.26. The molecule has 0 aliphatic heterocycles. The minimum absolute atomic E-state index is 0.164. The van der Waals surface area contributed by atoms with E-state index < -0.39 is 0 Å². The first-order valence-electron chi connectivity index (χ1n) is 3.12. The maximum Gasteiger partial charge on any atom is 0.130 e. The molecule has 0 aliphatic carbocycles. The largest absolute Gasteiger partial charge is 0.206 e. The average Bonchev–Trinajstić information content (AvgIpc) is 1.88. The Balaban J connectivity index is 3.15. The molecule has 0 N–H and O–H groups in total. The van der Waals surface area contributed by atoms with E-state index in [4.69, 9.17) is 0 Å². The van der Waals surface area contributed by atoms with Crippen molar-refractivity contribution in [2.75, 3.05) is 0 Å². The number of rotatable bonds is 1. The van der Waals surface area contributed by atoms with Gasteiger partial charge in [0.1, 0.15) is 5.82 Å². The molecule has 0 atom stereocenters. The molecule has 1 rings (SSSR count). The quantitative estimate of drug-likeness (QED) is 0.530. The summed E-state index contributed by atoms with van der Waals surface area (Å²) >= 11 is 0. The second kappa shape index (κ2) is 2.79. The van der Waals surface area contributed by atoms with Gasteiger partial charge in [0, 0.05) is 15.8 Å². The Hall–Kier alpha value is -0.893. The van der Waals surface area contributed by atoms with Crippen LogP contribution in [0.15, 0.2) is 30.8 Å². The summed E-state index contributed by atoms with van der Waals surface area (Å²) < 4.78 is 12.8. The van der Waals surface area contributed by atoms with Crippen LogP contribution in [-0.2, 0) is 0 Å². The van der Waals surface area contributed by atoms with Crippen LogP contribution < -0.4 is 0 Å². The Kier molecular flexibility index (Phi) is 2.02. The molecule has 0 fully saturated rings. The topological polar surface area (TPSA) is 0 Å². The molecule has 1 aromatic rings. The van der Waals surface area contributed by atoms with Crippen molar-refractivity contribution in [3.05, 3.63) is 42.2 Å². The van der Waals surface area contributed by atoms with Crippen LogP contribution in [0.1, 0.15) is 5.56 Å². The lowest BCUT2D eigenvalue weighted by Crippen LogP contribution is -1.85. The van der Waals surface area contributed by atoms with E-state index in [0.717, 1.165) is 15.4 Å². The minimum Gasteiger partial charge on any atom is -0.206 e. The van der Waals surface area contributed by atoms with Gasteiger partial charge in [0.05, 0.1) is 0 Å². The molecule has 2 heteroatoms. The van der Waals surface area contributed by atoms with E-state index in [1.54, 1.807) is 12.1 Å². The second-order valence-corrected chi connectivity index (χ2v) is 3.47. The fourth-order valence-corrected chi connectivity index (χ4v) is 1.21. The monoisotopic (exact) mass is 152 g/mol. The van der Waals surface area contributed by atoms with Gasteiger partial charge >= 0.3 is 0 Å². The molecule has 0 nitrogen and oxygen atoms in total. The Labute approximate surface area is 62.8 Å². The summed E-state index contributed by atoms with van der Waals surface area (Å²) in [6.45, 7) is 3.71. The molecule has 0 saturated carbocycles. The summed E-state index contributed by atoms with van der Waals surface area (Å²) in [5.41, 5.74) is 0.661. The van der Waals surface area contributed by atoms with Crippen molar-refractivity contribution in [2.45, 2.75) is 0 Å². The van der Waals surface area contributed by atoms with Gasteiger partial charge in [-0.2, -0.15) is 0 Å². The molecule has 0 unspecified atom stereocenters. The highest BCUT2D eigenvalue weighted by atomic mass is 28.1. The van der Waals surface area contributed by atoms with Crippen LogP contribution in [0.25, 0.3) is 5.20 Å². The third-order valence-electron chi connectivity index (χ3n) is 1.33. The van der Waals surface area contributed by atoms with Crippen LogP contribution in [0.5, 0.6) is 0 Å². The van der Waals surface area contributed by atoms with Gasteiger partial charge < -0.3 is 0 Å². The third-order valence-corrected chi connectivity index (χ3v) is 1.87. The molecular formula is C8H9FSi. The van der Waals surface area contributed by atoms with Crippen molar-refractivity contribution in [3.8, 4) is 0 Å². The molecule has 0 saturated heterocycles. The summed E-state index contributed by atoms with van der Waals surface area (Å²) in [5, 5.41) is 0.901. The van der Waals surface area contributed by atoms with Gasteiger partial charge in [-0.15, -0.1) is 6.58 Å². The first-order chi connectivity index (χ1) is 4.72. The maximum atomic E-state index is 12.8. The third kappa shape index (κ3) is 1.33. The molecular weight excluding hydrogens is 143 g/mol. The van der Waals surface area contributed by atoms with Crippen molar-refractivity contribution in [1.82, 2.24) is 0 Å². The van der Waals surface area contributed by atoms with Crippen molar-refractivity contribution >= 4 is 15.4 Å². The first-order valence-corrected chi connectivity index (χ1v) is 4.12. The molecule has 52 valence electrons. The highest BCUT2D eigenvalue weighted by Gasteiger charge is 1.97. The summed E-state index contributed by atoms with van der Waals surface area (Å²) in [5.74, 6) is -0.164. The van der Waals surface area contributed by atoms with Crippen molar-refractivity contribution < 1.29 is 4.39 Å². The van der Waals surface area contributed by atoms with Crippen molar-refractivity contribution in [3.63, 3.8) is 0 Å². The van der Waals surface area contributed by atoms with Crippen molar-refractivity contribution in [1.29, 1.82) is 0 Å². The normalized spacial score (nSPS) is 9.70. The average molecular weight is 152 g/mol. The Bertz CT molecular complexity index is 255. The summed E-state index contributed by atoms with van der Waals surface area (Å²) in [7, 11) is 0.821. The number of benzene rings is 1. The Morgan fingerprint density at radius 2 is 2.00 bits per heavy atom. The van der Waals surface area contributed by atoms with Gasteiger partial charge in [-0.25, -0.2) is 4.39 Å². The molecule has 0 bridgehead atoms. The Morgan fingerprint density at radius 3 is 2.40 bits per heavy atom. The predicted octanol–water partition coefficient (Wildman–Crippen LogP) is 1.16. The minimum atomic E-state index is -0.164. The van der Waals surface area contributed by atoms with Gasteiger partial charge in [-0.05, 0) is 6.07 Å². The zero-order chi connectivity index (χ0) is 7.56. The van der Waals surface area contributed by atoms with E-state index >= 15 is 0 Å². The van der Waals surface area contributed by atoms with Crippen LogP contribution in [0.3, 0.4) is 0 Å². The molecule has 0 aliphatic rings. The highest BCUT2D eigenvalue weighted by Crippen LogP contribution is 2.12. The fraction of sp³-hybridized carbons (Fsp3) is 0. The van der Waals surface area contributed by atoms with E-state index in [-0.39, 0.29) is 5.82 Å². The SMILES string of the molecule is C=C([SiH3])c1ccccc1F. The lowest BCUT2D eigenvalue weighted by atomic mass is 10.2.